The summed E-state index contributed by atoms with van der Waals surface area (Å²) in [6, 6.07) is 3.81. The first-order valence-corrected chi connectivity index (χ1v) is 5.91. The van der Waals surface area contributed by atoms with Crippen LogP contribution in [0.15, 0.2) is 22.7 Å². The zero-order chi connectivity index (χ0) is 13.3. The lowest BCUT2D eigenvalue weighted by atomic mass is 10.1. The van der Waals surface area contributed by atoms with Crippen LogP contribution in [0.4, 0.5) is 4.39 Å². The quantitative estimate of drug-likeness (QED) is 0.929. The van der Waals surface area contributed by atoms with Crippen molar-refractivity contribution in [1.82, 2.24) is 10.1 Å². The van der Waals surface area contributed by atoms with Gasteiger partial charge in [0.25, 0.3) is 5.89 Å². The van der Waals surface area contributed by atoms with Crippen LogP contribution in [0.25, 0.3) is 11.5 Å². The maximum atomic E-state index is 13.6. The van der Waals surface area contributed by atoms with Crippen molar-refractivity contribution in [3.05, 3.63) is 34.9 Å². The van der Waals surface area contributed by atoms with Crippen LogP contribution in [0, 0.1) is 11.7 Å². The molecule has 0 amide bonds. The van der Waals surface area contributed by atoms with E-state index in [1.807, 2.05) is 13.8 Å². The third-order valence-electron chi connectivity index (χ3n) is 2.62. The van der Waals surface area contributed by atoms with E-state index in [0.29, 0.717) is 10.8 Å². The van der Waals surface area contributed by atoms with Crippen LogP contribution in [0.5, 0.6) is 0 Å². The van der Waals surface area contributed by atoms with Crippen LogP contribution in [0.2, 0.25) is 5.02 Å². The summed E-state index contributed by atoms with van der Waals surface area (Å²) in [5.74, 6) is 0.146. The Hall–Kier alpha value is -1.46. The SMILES string of the molecule is CC(C)C(N)c1noc(-c2cc(Cl)ccc2F)n1. The van der Waals surface area contributed by atoms with Gasteiger partial charge in [-0.25, -0.2) is 4.39 Å². The van der Waals surface area contributed by atoms with Crippen molar-refractivity contribution in [2.24, 2.45) is 11.7 Å². The number of aromatic nitrogens is 2. The van der Waals surface area contributed by atoms with Gasteiger partial charge in [0.15, 0.2) is 5.82 Å². The summed E-state index contributed by atoms with van der Waals surface area (Å²) in [5.41, 5.74) is 6.07. The van der Waals surface area contributed by atoms with Gasteiger partial charge in [-0.1, -0.05) is 30.6 Å². The molecule has 0 aliphatic heterocycles. The molecule has 1 unspecified atom stereocenters. The van der Waals surface area contributed by atoms with Gasteiger partial charge in [-0.15, -0.1) is 0 Å². The lowest BCUT2D eigenvalue weighted by Gasteiger charge is -2.09. The van der Waals surface area contributed by atoms with Gasteiger partial charge < -0.3 is 10.3 Å². The lowest BCUT2D eigenvalue weighted by Crippen LogP contribution is -2.18. The largest absolute Gasteiger partial charge is 0.334 e. The fourth-order valence-corrected chi connectivity index (χ4v) is 1.61. The Morgan fingerprint density at radius 2 is 2.11 bits per heavy atom. The predicted octanol–water partition coefficient (Wildman–Crippen LogP) is 3.18. The van der Waals surface area contributed by atoms with Gasteiger partial charge in [0.1, 0.15) is 5.82 Å². The molecular formula is C12H13ClFN3O. The highest BCUT2D eigenvalue weighted by Gasteiger charge is 2.19. The van der Waals surface area contributed by atoms with Gasteiger partial charge in [0.05, 0.1) is 11.6 Å². The molecule has 2 N–H and O–H groups in total. The molecule has 0 aliphatic rings. The monoisotopic (exact) mass is 269 g/mol. The predicted molar refractivity (Wildman–Crippen MR) is 66.5 cm³/mol. The summed E-state index contributed by atoms with van der Waals surface area (Å²) in [6.07, 6.45) is 0. The van der Waals surface area contributed by atoms with E-state index >= 15 is 0 Å². The van der Waals surface area contributed by atoms with Crippen molar-refractivity contribution in [2.45, 2.75) is 19.9 Å². The fraction of sp³-hybridized carbons (Fsp3) is 0.333. The molecule has 6 heteroatoms. The molecule has 1 aromatic carbocycles. The highest BCUT2D eigenvalue weighted by atomic mass is 35.5. The first kappa shape index (κ1) is 13.0. The molecule has 1 aromatic heterocycles. The van der Waals surface area contributed by atoms with Crippen LogP contribution in [-0.4, -0.2) is 10.1 Å². The molecule has 0 spiro atoms. The van der Waals surface area contributed by atoms with Crippen LogP contribution < -0.4 is 5.73 Å². The first-order chi connectivity index (χ1) is 8.49. The molecule has 1 atom stereocenters. The van der Waals surface area contributed by atoms with Crippen LogP contribution in [0.3, 0.4) is 0 Å². The second-order valence-corrected chi connectivity index (χ2v) is 4.79. The number of rotatable bonds is 3. The Kier molecular flexibility index (Phi) is 3.63. The van der Waals surface area contributed by atoms with Gasteiger partial charge in [0.2, 0.25) is 0 Å². The lowest BCUT2D eigenvalue weighted by molar-refractivity contribution is 0.398. The zero-order valence-electron chi connectivity index (χ0n) is 10.0. The molecule has 0 radical (unpaired) electrons. The normalized spacial score (nSPS) is 13.0. The molecule has 0 saturated carbocycles. The van der Waals surface area contributed by atoms with Crippen molar-refractivity contribution in [3.8, 4) is 11.5 Å². The van der Waals surface area contributed by atoms with Gasteiger partial charge >= 0.3 is 0 Å². The molecule has 96 valence electrons. The number of halogens is 2. The number of nitrogens with zero attached hydrogens (tertiary/aromatic N) is 2. The molecule has 2 aromatic rings. The maximum Gasteiger partial charge on any atom is 0.261 e. The van der Waals surface area contributed by atoms with E-state index < -0.39 is 5.82 Å². The minimum atomic E-state index is -0.465. The van der Waals surface area contributed by atoms with Gasteiger partial charge in [0, 0.05) is 5.02 Å². The third-order valence-corrected chi connectivity index (χ3v) is 2.85. The summed E-state index contributed by atoms with van der Waals surface area (Å²) >= 11 is 5.81. The van der Waals surface area contributed by atoms with E-state index in [2.05, 4.69) is 10.1 Å². The summed E-state index contributed by atoms with van der Waals surface area (Å²) in [5, 5.41) is 4.17. The maximum absolute atomic E-state index is 13.6. The number of hydrogen-bond donors (Lipinski definition) is 1. The molecule has 2 rings (SSSR count). The van der Waals surface area contributed by atoms with E-state index in [9.17, 15) is 4.39 Å². The first-order valence-electron chi connectivity index (χ1n) is 5.53. The highest BCUT2D eigenvalue weighted by Crippen LogP contribution is 2.26. The van der Waals surface area contributed by atoms with Crippen molar-refractivity contribution in [3.63, 3.8) is 0 Å². The Morgan fingerprint density at radius 3 is 2.78 bits per heavy atom. The average Bonchev–Trinajstić information content (AvgIpc) is 2.80. The van der Waals surface area contributed by atoms with Crippen LogP contribution in [0.1, 0.15) is 25.7 Å². The summed E-state index contributed by atoms with van der Waals surface area (Å²) in [6.45, 7) is 3.89. The topological polar surface area (TPSA) is 64.9 Å². The zero-order valence-corrected chi connectivity index (χ0v) is 10.8. The molecular weight excluding hydrogens is 257 g/mol. The Morgan fingerprint density at radius 1 is 1.39 bits per heavy atom. The average molecular weight is 270 g/mol. The second-order valence-electron chi connectivity index (χ2n) is 4.35. The number of hydrogen-bond acceptors (Lipinski definition) is 4. The van der Waals surface area contributed by atoms with Gasteiger partial charge in [-0.05, 0) is 24.1 Å². The Labute approximate surface area is 109 Å². The highest BCUT2D eigenvalue weighted by molar-refractivity contribution is 6.30. The summed E-state index contributed by atoms with van der Waals surface area (Å²) in [7, 11) is 0. The van der Waals surface area contributed by atoms with E-state index in [1.54, 1.807) is 0 Å². The summed E-state index contributed by atoms with van der Waals surface area (Å²) < 4.78 is 18.6. The second kappa shape index (κ2) is 5.04. The minimum Gasteiger partial charge on any atom is -0.334 e. The molecule has 0 aliphatic carbocycles. The van der Waals surface area contributed by atoms with Crippen LogP contribution in [-0.2, 0) is 0 Å². The minimum absolute atomic E-state index is 0.0844. The molecule has 0 saturated heterocycles. The van der Waals surface area contributed by atoms with E-state index in [0.717, 1.165) is 0 Å². The van der Waals surface area contributed by atoms with Gasteiger partial charge in [-0.3, -0.25) is 0 Å². The molecule has 4 nitrogen and oxygen atoms in total. The van der Waals surface area contributed by atoms with E-state index in [4.69, 9.17) is 21.9 Å². The molecule has 1 heterocycles. The van der Waals surface area contributed by atoms with Crippen molar-refractivity contribution in [2.75, 3.05) is 0 Å². The van der Waals surface area contributed by atoms with Crippen molar-refractivity contribution >= 4 is 11.6 Å². The molecule has 18 heavy (non-hydrogen) atoms. The Bertz CT molecular complexity index is 556. The Balaban J connectivity index is 2.38. The molecule has 0 bridgehead atoms. The number of benzene rings is 1. The third kappa shape index (κ3) is 2.52. The number of nitrogens with two attached hydrogens (primary N) is 1. The smallest absolute Gasteiger partial charge is 0.261 e. The summed E-state index contributed by atoms with van der Waals surface area (Å²) in [4.78, 5) is 4.10. The standard InChI is InChI=1S/C12H13ClFN3O/c1-6(2)10(15)11-16-12(18-17-11)8-5-7(13)3-4-9(8)14/h3-6,10H,15H2,1-2H3. The van der Waals surface area contributed by atoms with E-state index in [1.165, 1.54) is 18.2 Å². The van der Waals surface area contributed by atoms with Crippen molar-refractivity contribution in [1.29, 1.82) is 0 Å². The van der Waals surface area contributed by atoms with E-state index in [-0.39, 0.29) is 23.4 Å². The van der Waals surface area contributed by atoms with Crippen molar-refractivity contribution < 1.29 is 8.91 Å². The molecule has 0 fully saturated rings. The van der Waals surface area contributed by atoms with Gasteiger partial charge in [-0.2, -0.15) is 4.98 Å². The van der Waals surface area contributed by atoms with Crippen LogP contribution >= 0.6 is 11.6 Å². The fourth-order valence-electron chi connectivity index (χ4n) is 1.44.